The molecule has 0 saturated carbocycles. The summed E-state index contributed by atoms with van der Waals surface area (Å²) in [7, 11) is 1.51. The van der Waals surface area contributed by atoms with Gasteiger partial charge in [-0.15, -0.1) is 0 Å². The Balaban J connectivity index is 1.63. The lowest BCUT2D eigenvalue weighted by atomic mass is 10.0. The average molecular weight is 315 g/mol. The second-order valence-electron chi connectivity index (χ2n) is 5.51. The molecule has 21 heavy (non-hydrogen) atoms. The molecule has 0 aromatic rings. The van der Waals surface area contributed by atoms with E-state index in [9.17, 15) is 14.4 Å². The Kier molecular flexibility index (Phi) is 5.33. The number of thioether (sulfide) groups is 1. The van der Waals surface area contributed by atoms with Gasteiger partial charge in [0.2, 0.25) is 5.91 Å². The highest BCUT2D eigenvalue weighted by molar-refractivity contribution is 8.00. The quantitative estimate of drug-likeness (QED) is 0.462. The second-order valence-corrected chi connectivity index (χ2v) is 6.78. The van der Waals surface area contributed by atoms with Crippen LogP contribution in [0.25, 0.3) is 0 Å². The SMILES string of the molecule is CN(CC(=O)O)C(=O)CCCCC1SC[C@H]2NC(=O)N[C@@H]12. The summed E-state index contributed by atoms with van der Waals surface area (Å²) >= 11 is 1.86. The van der Waals surface area contributed by atoms with Gasteiger partial charge in [0, 0.05) is 24.5 Å². The Bertz CT molecular complexity index is 432. The Labute approximate surface area is 127 Å². The predicted molar refractivity (Wildman–Crippen MR) is 79.2 cm³/mol. The first kappa shape index (κ1) is 15.9. The third-order valence-electron chi connectivity index (χ3n) is 3.87. The largest absolute Gasteiger partial charge is 0.480 e. The van der Waals surface area contributed by atoms with E-state index in [1.807, 2.05) is 11.8 Å². The van der Waals surface area contributed by atoms with Crippen LogP contribution in [0.4, 0.5) is 4.79 Å². The summed E-state index contributed by atoms with van der Waals surface area (Å²) in [6, 6.07) is 0.351. The number of fused-ring (bicyclic) bond motifs is 1. The molecular weight excluding hydrogens is 294 g/mol. The van der Waals surface area contributed by atoms with Crippen LogP contribution in [0.5, 0.6) is 0 Å². The topological polar surface area (TPSA) is 98.7 Å². The summed E-state index contributed by atoms with van der Waals surface area (Å²) < 4.78 is 0. The van der Waals surface area contributed by atoms with Gasteiger partial charge in [0.25, 0.3) is 0 Å². The standard InChI is InChI=1S/C13H21N3O4S/c1-16(6-11(18)19)10(17)5-3-2-4-9-12-8(7-21-9)14-13(20)15-12/h8-9,12H,2-7H2,1H3,(H,18,19)(H2,14,15,20)/t8-,9?,12-/m1/s1. The van der Waals surface area contributed by atoms with Crippen molar-refractivity contribution in [3.8, 4) is 0 Å². The van der Waals surface area contributed by atoms with Crippen molar-refractivity contribution in [2.75, 3.05) is 19.3 Å². The maximum absolute atomic E-state index is 11.7. The predicted octanol–water partition coefficient (Wildman–Crippen LogP) is 0.255. The number of carbonyl (C=O) groups excluding carboxylic acids is 2. The molecule has 2 fully saturated rings. The van der Waals surface area contributed by atoms with E-state index >= 15 is 0 Å². The molecule has 2 aliphatic heterocycles. The first-order valence-electron chi connectivity index (χ1n) is 7.12. The molecule has 8 heteroatoms. The van der Waals surface area contributed by atoms with Crippen LogP contribution in [0.1, 0.15) is 25.7 Å². The number of rotatable bonds is 7. The smallest absolute Gasteiger partial charge is 0.323 e. The van der Waals surface area contributed by atoms with E-state index in [1.165, 1.54) is 11.9 Å². The first-order valence-corrected chi connectivity index (χ1v) is 8.16. The number of likely N-dealkylation sites (N-methyl/N-ethyl adjacent to an activating group) is 1. The van der Waals surface area contributed by atoms with Crippen molar-refractivity contribution in [2.24, 2.45) is 0 Å². The molecule has 2 rings (SSSR count). The number of hydrogen-bond acceptors (Lipinski definition) is 4. The Morgan fingerprint density at radius 3 is 2.86 bits per heavy atom. The van der Waals surface area contributed by atoms with Crippen LogP contribution in [0.3, 0.4) is 0 Å². The van der Waals surface area contributed by atoms with Crippen LogP contribution in [0.2, 0.25) is 0 Å². The summed E-state index contributed by atoms with van der Waals surface area (Å²) in [6.45, 7) is -0.251. The maximum atomic E-state index is 11.7. The minimum absolute atomic E-state index is 0.0826. The van der Waals surface area contributed by atoms with Crippen LogP contribution >= 0.6 is 11.8 Å². The Morgan fingerprint density at radius 2 is 2.14 bits per heavy atom. The van der Waals surface area contributed by atoms with Gasteiger partial charge >= 0.3 is 12.0 Å². The lowest BCUT2D eigenvalue weighted by molar-refractivity contribution is -0.143. The summed E-state index contributed by atoms with van der Waals surface area (Å²) in [5, 5.41) is 14.9. The molecule has 2 heterocycles. The number of urea groups is 1. The number of nitrogens with one attached hydrogen (secondary N) is 2. The van der Waals surface area contributed by atoms with Crippen molar-refractivity contribution in [1.29, 1.82) is 0 Å². The number of hydrogen-bond donors (Lipinski definition) is 3. The van der Waals surface area contributed by atoms with E-state index in [-0.39, 0.29) is 30.6 Å². The fourth-order valence-corrected chi connectivity index (χ4v) is 4.29. The molecule has 1 unspecified atom stereocenters. The highest BCUT2D eigenvalue weighted by atomic mass is 32.2. The minimum atomic E-state index is -0.997. The molecule has 0 aliphatic carbocycles. The van der Waals surface area contributed by atoms with Gasteiger partial charge in [-0.1, -0.05) is 6.42 Å². The van der Waals surface area contributed by atoms with Gasteiger partial charge in [-0.3, -0.25) is 9.59 Å². The van der Waals surface area contributed by atoms with Crippen molar-refractivity contribution in [3.63, 3.8) is 0 Å². The van der Waals surface area contributed by atoms with Gasteiger partial charge in [0.15, 0.2) is 0 Å². The fourth-order valence-electron chi connectivity index (χ4n) is 2.75. The van der Waals surface area contributed by atoms with Crippen molar-refractivity contribution in [1.82, 2.24) is 15.5 Å². The number of amides is 3. The molecule has 3 N–H and O–H groups in total. The highest BCUT2D eigenvalue weighted by Crippen LogP contribution is 2.33. The molecular formula is C13H21N3O4S. The lowest BCUT2D eigenvalue weighted by Gasteiger charge is -2.17. The van der Waals surface area contributed by atoms with Crippen molar-refractivity contribution in [3.05, 3.63) is 0 Å². The molecule has 0 bridgehead atoms. The zero-order chi connectivity index (χ0) is 15.4. The van der Waals surface area contributed by atoms with Gasteiger partial charge in [-0.2, -0.15) is 11.8 Å². The molecule has 2 saturated heterocycles. The van der Waals surface area contributed by atoms with E-state index in [0.717, 1.165) is 25.0 Å². The van der Waals surface area contributed by atoms with E-state index in [0.29, 0.717) is 11.7 Å². The molecule has 118 valence electrons. The fraction of sp³-hybridized carbons (Fsp3) is 0.769. The third-order valence-corrected chi connectivity index (χ3v) is 5.37. The molecule has 3 atom stereocenters. The summed E-state index contributed by atoms with van der Waals surface area (Å²) in [6.07, 6.45) is 2.99. The van der Waals surface area contributed by atoms with Crippen LogP contribution in [0.15, 0.2) is 0 Å². The van der Waals surface area contributed by atoms with Gasteiger partial charge in [-0.05, 0) is 12.8 Å². The number of carboxylic acids is 1. The summed E-state index contributed by atoms with van der Waals surface area (Å²) in [5.74, 6) is -0.192. The van der Waals surface area contributed by atoms with Gasteiger partial charge in [-0.25, -0.2) is 4.79 Å². The minimum Gasteiger partial charge on any atom is -0.480 e. The monoisotopic (exact) mass is 315 g/mol. The Morgan fingerprint density at radius 1 is 1.38 bits per heavy atom. The van der Waals surface area contributed by atoms with Crippen LogP contribution in [-0.4, -0.2) is 64.6 Å². The Hall–Kier alpha value is -1.44. The van der Waals surface area contributed by atoms with E-state index in [2.05, 4.69) is 10.6 Å². The molecule has 3 amide bonds. The molecule has 0 aromatic carbocycles. The van der Waals surface area contributed by atoms with Crippen LogP contribution in [-0.2, 0) is 9.59 Å². The lowest BCUT2D eigenvalue weighted by Crippen LogP contribution is -2.36. The van der Waals surface area contributed by atoms with E-state index < -0.39 is 5.97 Å². The summed E-state index contributed by atoms with van der Waals surface area (Å²) in [4.78, 5) is 34.7. The number of carboxylic acid groups (broad SMARTS) is 1. The molecule has 0 spiro atoms. The highest BCUT2D eigenvalue weighted by Gasteiger charge is 2.42. The van der Waals surface area contributed by atoms with Gasteiger partial charge in [0.1, 0.15) is 6.54 Å². The number of aliphatic carboxylic acids is 1. The number of unbranched alkanes of at least 4 members (excludes halogenated alkanes) is 1. The molecule has 7 nitrogen and oxygen atoms in total. The van der Waals surface area contributed by atoms with Crippen LogP contribution in [0, 0.1) is 0 Å². The third kappa shape index (κ3) is 4.26. The molecule has 0 aromatic heterocycles. The zero-order valence-electron chi connectivity index (χ0n) is 12.0. The van der Waals surface area contributed by atoms with Crippen molar-refractivity contribution < 1.29 is 19.5 Å². The normalized spacial score (nSPS) is 26.9. The van der Waals surface area contributed by atoms with Gasteiger partial charge < -0.3 is 20.6 Å². The molecule has 2 aliphatic rings. The van der Waals surface area contributed by atoms with Crippen LogP contribution < -0.4 is 10.6 Å². The first-order chi connectivity index (χ1) is 9.97. The summed E-state index contributed by atoms with van der Waals surface area (Å²) in [5.41, 5.74) is 0. The second kappa shape index (κ2) is 7.02. The molecule has 0 radical (unpaired) electrons. The van der Waals surface area contributed by atoms with Crippen molar-refractivity contribution >= 4 is 29.7 Å². The number of nitrogens with zero attached hydrogens (tertiary/aromatic N) is 1. The van der Waals surface area contributed by atoms with E-state index in [1.54, 1.807) is 0 Å². The zero-order valence-corrected chi connectivity index (χ0v) is 12.8. The van der Waals surface area contributed by atoms with E-state index in [4.69, 9.17) is 5.11 Å². The van der Waals surface area contributed by atoms with Crippen molar-refractivity contribution in [2.45, 2.75) is 43.0 Å². The number of carbonyl (C=O) groups is 3. The average Bonchev–Trinajstić information content (AvgIpc) is 2.93. The van der Waals surface area contributed by atoms with Gasteiger partial charge in [0.05, 0.1) is 12.1 Å². The maximum Gasteiger partial charge on any atom is 0.323 e.